The first kappa shape index (κ1) is 14.2. The van der Waals surface area contributed by atoms with Gasteiger partial charge in [-0.3, -0.25) is 0 Å². The number of nitrogens with zero attached hydrogens (tertiary/aromatic N) is 1. The molecule has 0 fully saturated rings. The van der Waals surface area contributed by atoms with Crippen molar-refractivity contribution in [1.82, 2.24) is 0 Å². The molecule has 0 bridgehead atoms. The summed E-state index contributed by atoms with van der Waals surface area (Å²) in [5.74, 6) is -1.70. The molecule has 0 unspecified atom stereocenters. The zero-order valence-electron chi connectivity index (χ0n) is 10.4. The van der Waals surface area contributed by atoms with Gasteiger partial charge in [0.1, 0.15) is 5.84 Å². The lowest BCUT2D eigenvalue weighted by atomic mass is 9.88. The molecular weight excluding hydrogens is 240 g/mol. The second-order valence-electron chi connectivity index (χ2n) is 4.65. The highest BCUT2D eigenvalue weighted by Crippen LogP contribution is 2.22. The third kappa shape index (κ3) is 3.32. The van der Waals surface area contributed by atoms with E-state index in [9.17, 15) is 8.78 Å². The van der Waals surface area contributed by atoms with Gasteiger partial charge < -0.3 is 16.3 Å². The second-order valence-corrected chi connectivity index (χ2v) is 4.65. The highest BCUT2D eigenvalue weighted by Gasteiger charge is 2.23. The Morgan fingerprint density at radius 1 is 1.44 bits per heavy atom. The largest absolute Gasteiger partial charge is 0.409 e. The fraction of sp³-hybridized carbons (Fsp3) is 0.417. The maximum Gasteiger partial charge on any atom is 0.181 e. The van der Waals surface area contributed by atoms with Crippen LogP contribution >= 0.6 is 0 Å². The van der Waals surface area contributed by atoms with E-state index in [4.69, 9.17) is 10.9 Å². The van der Waals surface area contributed by atoms with Crippen LogP contribution < -0.4 is 11.1 Å². The quantitative estimate of drug-likeness (QED) is 0.328. The predicted octanol–water partition coefficient (Wildman–Crippen LogP) is 2.54. The Morgan fingerprint density at radius 3 is 2.72 bits per heavy atom. The number of anilines is 1. The van der Waals surface area contributed by atoms with Crippen LogP contribution in [0.5, 0.6) is 0 Å². The summed E-state index contributed by atoms with van der Waals surface area (Å²) < 4.78 is 26.3. The Bertz CT molecular complexity index is 447. The summed E-state index contributed by atoms with van der Waals surface area (Å²) >= 11 is 0. The Kier molecular flexibility index (Phi) is 4.47. The smallest absolute Gasteiger partial charge is 0.181 e. The predicted molar refractivity (Wildman–Crippen MR) is 66.7 cm³/mol. The molecule has 0 radical (unpaired) electrons. The van der Waals surface area contributed by atoms with E-state index >= 15 is 0 Å². The molecule has 4 N–H and O–H groups in total. The average molecular weight is 257 g/mol. The summed E-state index contributed by atoms with van der Waals surface area (Å²) in [6, 6.07) is 3.94. The summed E-state index contributed by atoms with van der Waals surface area (Å²) in [5.41, 5.74) is 5.10. The van der Waals surface area contributed by atoms with Crippen LogP contribution in [0.25, 0.3) is 0 Å². The van der Waals surface area contributed by atoms with Crippen molar-refractivity contribution < 1.29 is 14.0 Å². The molecule has 1 aromatic carbocycles. The van der Waals surface area contributed by atoms with Gasteiger partial charge >= 0.3 is 0 Å². The lowest BCUT2D eigenvalue weighted by Crippen LogP contribution is -2.33. The first-order valence-electron chi connectivity index (χ1n) is 5.54. The van der Waals surface area contributed by atoms with Crippen LogP contribution in [0.1, 0.15) is 20.3 Å². The molecule has 0 aliphatic rings. The molecule has 1 rings (SSSR count). The van der Waals surface area contributed by atoms with Crippen LogP contribution in [-0.4, -0.2) is 17.6 Å². The summed E-state index contributed by atoms with van der Waals surface area (Å²) in [4.78, 5) is 0. The molecular formula is C12H17F2N3O. The summed E-state index contributed by atoms with van der Waals surface area (Å²) in [6.07, 6.45) is 0.513. The Balaban J connectivity index is 2.60. The molecule has 0 aliphatic heterocycles. The van der Waals surface area contributed by atoms with Gasteiger partial charge in [-0.25, -0.2) is 8.78 Å². The van der Waals surface area contributed by atoms with Crippen LogP contribution in [0.4, 0.5) is 14.5 Å². The standard InChI is InChI=1S/C12H17F2N3O/c1-12(2,11(15)17-18)6-7-16-9-5-3-4-8(13)10(9)14/h3-5,16,18H,6-7H2,1-2H3,(H2,15,17). The van der Waals surface area contributed by atoms with E-state index in [0.717, 1.165) is 6.07 Å². The highest BCUT2D eigenvalue weighted by molar-refractivity contribution is 5.85. The lowest BCUT2D eigenvalue weighted by Gasteiger charge is -2.23. The lowest BCUT2D eigenvalue weighted by molar-refractivity contribution is 0.306. The van der Waals surface area contributed by atoms with Crippen molar-refractivity contribution in [3.8, 4) is 0 Å². The van der Waals surface area contributed by atoms with Crippen LogP contribution in [-0.2, 0) is 0 Å². The van der Waals surface area contributed by atoms with Crippen LogP contribution in [0, 0.1) is 17.0 Å². The van der Waals surface area contributed by atoms with Crippen molar-refractivity contribution in [1.29, 1.82) is 0 Å². The molecule has 0 aromatic heterocycles. The fourth-order valence-electron chi connectivity index (χ4n) is 1.41. The first-order chi connectivity index (χ1) is 8.38. The number of nitrogens with two attached hydrogens (primary N) is 1. The number of halogens is 2. The van der Waals surface area contributed by atoms with Gasteiger partial charge in [-0.15, -0.1) is 0 Å². The summed E-state index contributed by atoms with van der Waals surface area (Å²) in [7, 11) is 0. The van der Waals surface area contributed by atoms with Crippen molar-refractivity contribution >= 4 is 11.5 Å². The molecule has 18 heavy (non-hydrogen) atoms. The molecule has 6 heteroatoms. The van der Waals surface area contributed by atoms with Gasteiger partial charge in [-0.05, 0) is 18.6 Å². The molecule has 0 heterocycles. The van der Waals surface area contributed by atoms with Gasteiger partial charge in [0.15, 0.2) is 11.6 Å². The molecule has 0 aliphatic carbocycles. The minimum Gasteiger partial charge on any atom is -0.409 e. The molecule has 0 saturated heterocycles. The molecule has 0 saturated carbocycles. The normalized spacial score (nSPS) is 12.6. The minimum atomic E-state index is -0.904. The third-order valence-electron chi connectivity index (χ3n) is 2.82. The number of amidine groups is 1. The molecule has 4 nitrogen and oxygen atoms in total. The topological polar surface area (TPSA) is 70.6 Å². The Hall–Kier alpha value is -1.85. The van der Waals surface area contributed by atoms with Gasteiger partial charge in [0.25, 0.3) is 0 Å². The molecule has 0 amide bonds. The average Bonchev–Trinajstić information content (AvgIpc) is 2.33. The number of rotatable bonds is 5. The van der Waals surface area contributed by atoms with Gasteiger partial charge in [0.2, 0.25) is 0 Å². The zero-order valence-corrected chi connectivity index (χ0v) is 10.4. The molecule has 1 aromatic rings. The highest BCUT2D eigenvalue weighted by atomic mass is 19.2. The van der Waals surface area contributed by atoms with Gasteiger partial charge in [0, 0.05) is 12.0 Å². The maximum atomic E-state index is 13.3. The van der Waals surface area contributed by atoms with Gasteiger partial charge in [-0.2, -0.15) is 0 Å². The van der Waals surface area contributed by atoms with Gasteiger partial charge in [-0.1, -0.05) is 25.1 Å². The summed E-state index contributed by atoms with van der Waals surface area (Å²) in [6.45, 7) is 3.97. The Labute approximate surface area is 104 Å². The van der Waals surface area contributed by atoms with E-state index < -0.39 is 17.0 Å². The van der Waals surface area contributed by atoms with E-state index in [1.165, 1.54) is 12.1 Å². The molecule has 0 spiro atoms. The molecule has 0 atom stereocenters. The third-order valence-corrected chi connectivity index (χ3v) is 2.82. The Morgan fingerprint density at radius 2 is 2.11 bits per heavy atom. The second kappa shape index (κ2) is 5.66. The van der Waals surface area contributed by atoms with E-state index in [-0.39, 0.29) is 11.5 Å². The maximum absolute atomic E-state index is 13.3. The number of benzene rings is 1. The van der Waals surface area contributed by atoms with Crippen LogP contribution in [0.2, 0.25) is 0 Å². The van der Waals surface area contributed by atoms with E-state index in [2.05, 4.69) is 10.5 Å². The SMILES string of the molecule is CC(C)(CCNc1cccc(F)c1F)C(N)=NO. The van der Waals surface area contributed by atoms with E-state index in [1.807, 2.05) is 0 Å². The van der Waals surface area contributed by atoms with Gasteiger partial charge in [0.05, 0.1) is 5.69 Å². The van der Waals surface area contributed by atoms with E-state index in [1.54, 1.807) is 13.8 Å². The fourth-order valence-corrected chi connectivity index (χ4v) is 1.41. The minimum absolute atomic E-state index is 0.101. The molecule has 100 valence electrons. The van der Waals surface area contributed by atoms with Crippen LogP contribution in [0.3, 0.4) is 0 Å². The number of hydrogen-bond acceptors (Lipinski definition) is 3. The monoisotopic (exact) mass is 257 g/mol. The first-order valence-corrected chi connectivity index (χ1v) is 5.54. The number of hydrogen-bond donors (Lipinski definition) is 3. The zero-order chi connectivity index (χ0) is 13.8. The van der Waals surface area contributed by atoms with Crippen LogP contribution in [0.15, 0.2) is 23.4 Å². The van der Waals surface area contributed by atoms with Crippen molar-refractivity contribution in [3.05, 3.63) is 29.8 Å². The summed E-state index contributed by atoms with van der Waals surface area (Å²) in [5, 5.41) is 14.3. The van der Waals surface area contributed by atoms with Crippen molar-refractivity contribution in [2.75, 3.05) is 11.9 Å². The number of oxime groups is 1. The number of nitrogens with one attached hydrogen (secondary N) is 1. The van der Waals surface area contributed by atoms with E-state index in [0.29, 0.717) is 13.0 Å². The van der Waals surface area contributed by atoms with Crippen molar-refractivity contribution in [3.63, 3.8) is 0 Å². The van der Waals surface area contributed by atoms with Crippen molar-refractivity contribution in [2.45, 2.75) is 20.3 Å². The van der Waals surface area contributed by atoms with Crippen molar-refractivity contribution in [2.24, 2.45) is 16.3 Å².